The van der Waals surface area contributed by atoms with Crippen molar-refractivity contribution >= 4 is 65.0 Å². The molecule has 0 unspecified atom stereocenters. The summed E-state index contributed by atoms with van der Waals surface area (Å²) >= 11 is 0. The van der Waals surface area contributed by atoms with E-state index in [4.69, 9.17) is 19.4 Å². The maximum absolute atomic E-state index is 6.64. The van der Waals surface area contributed by atoms with E-state index in [0.717, 1.165) is 55.1 Å². The van der Waals surface area contributed by atoms with Crippen LogP contribution in [0.25, 0.3) is 110 Å². The summed E-state index contributed by atoms with van der Waals surface area (Å²) in [6, 6.07) is 61.7. The van der Waals surface area contributed by atoms with Crippen LogP contribution in [0, 0.1) is 0 Å². The van der Waals surface area contributed by atoms with E-state index >= 15 is 0 Å². The van der Waals surface area contributed by atoms with Crippen molar-refractivity contribution in [3.63, 3.8) is 0 Å². The van der Waals surface area contributed by atoms with Gasteiger partial charge in [-0.3, -0.25) is 0 Å². The highest BCUT2D eigenvalue weighted by Gasteiger charge is 2.21. The average Bonchev–Trinajstić information content (AvgIpc) is 3.61. The number of nitrogens with zero attached hydrogens (tertiary/aromatic N) is 3. The molecule has 0 aliphatic carbocycles. The number of fused-ring (bicyclic) bond motifs is 9. The van der Waals surface area contributed by atoms with Crippen LogP contribution < -0.4 is 0 Å². The number of furan rings is 1. The van der Waals surface area contributed by atoms with Gasteiger partial charge in [0.05, 0.1) is 0 Å². The first-order chi connectivity index (χ1) is 26.2. The topological polar surface area (TPSA) is 51.8 Å². The van der Waals surface area contributed by atoms with Gasteiger partial charge in [0.25, 0.3) is 0 Å². The van der Waals surface area contributed by atoms with E-state index in [2.05, 4.69) is 133 Å². The Morgan fingerprint density at radius 1 is 0.302 bits per heavy atom. The molecule has 0 atom stereocenters. The summed E-state index contributed by atoms with van der Waals surface area (Å²) in [6.07, 6.45) is 0. The third kappa shape index (κ3) is 4.80. The monoisotopic (exact) mass is 675 g/mol. The Morgan fingerprint density at radius 3 is 1.77 bits per heavy atom. The largest absolute Gasteiger partial charge is 0.456 e. The van der Waals surface area contributed by atoms with E-state index < -0.39 is 0 Å². The van der Waals surface area contributed by atoms with Gasteiger partial charge >= 0.3 is 0 Å². The summed E-state index contributed by atoms with van der Waals surface area (Å²) in [5.74, 6) is 1.83. The SMILES string of the molecule is c1ccc(-c2nc(-c3ccc4ccccc4c3)nc(-c3cc(-c4cc5ccc6ccccc6c5c5ccccc45)cc4oc5ccccc5c34)n2)cc1. The Hall–Kier alpha value is -7.17. The number of rotatable bonds is 4. The fourth-order valence-electron chi connectivity index (χ4n) is 7.97. The van der Waals surface area contributed by atoms with Crippen molar-refractivity contribution < 1.29 is 4.42 Å². The number of para-hydroxylation sites is 1. The second-order valence-corrected chi connectivity index (χ2v) is 13.6. The summed E-state index contributed by atoms with van der Waals surface area (Å²) < 4.78 is 6.64. The normalized spacial score (nSPS) is 11.8. The molecule has 4 nitrogen and oxygen atoms in total. The first-order valence-corrected chi connectivity index (χ1v) is 17.9. The van der Waals surface area contributed by atoms with E-state index in [0.29, 0.717) is 17.5 Å². The van der Waals surface area contributed by atoms with Gasteiger partial charge in [0.2, 0.25) is 0 Å². The van der Waals surface area contributed by atoms with Gasteiger partial charge in [-0.2, -0.15) is 0 Å². The highest BCUT2D eigenvalue weighted by atomic mass is 16.3. The van der Waals surface area contributed by atoms with E-state index in [9.17, 15) is 0 Å². The Labute approximate surface area is 304 Å². The Morgan fingerprint density at radius 2 is 0.925 bits per heavy atom. The predicted octanol–water partition coefficient (Wildman–Crippen LogP) is 13.1. The Balaban J connectivity index is 1.22. The van der Waals surface area contributed by atoms with Crippen LogP contribution in [0.15, 0.2) is 180 Å². The lowest BCUT2D eigenvalue weighted by molar-refractivity contribution is 0.669. The zero-order valence-corrected chi connectivity index (χ0v) is 28.5. The maximum atomic E-state index is 6.64. The summed E-state index contributed by atoms with van der Waals surface area (Å²) in [7, 11) is 0. The van der Waals surface area contributed by atoms with Crippen LogP contribution in [0.4, 0.5) is 0 Å². The third-order valence-electron chi connectivity index (χ3n) is 10.5. The van der Waals surface area contributed by atoms with Crippen LogP contribution in [0.1, 0.15) is 0 Å². The molecule has 0 fully saturated rings. The molecule has 53 heavy (non-hydrogen) atoms. The van der Waals surface area contributed by atoms with Gasteiger partial charge in [0.1, 0.15) is 11.2 Å². The molecule has 0 bridgehead atoms. The second kappa shape index (κ2) is 11.7. The molecule has 0 spiro atoms. The molecule has 11 aromatic rings. The van der Waals surface area contributed by atoms with Crippen molar-refractivity contribution in [2.45, 2.75) is 0 Å². The smallest absolute Gasteiger partial charge is 0.164 e. The van der Waals surface area contributed by atoms with Crippen molar-refractivity contribution in [2.24, 2.45) is 0 Å². The van der Waals surface area contributed by atoms with Crippen LogP contribution in [0.3, 0.4) is 0 Å². The van der Waals surface area contributed by atoms with Crippen LogP contribution in [-0.2, 0) is 0 Å². The summed E-state index contributed by atoms with van der Waals surface area (Å²) in [5, 5.41) is 11.6. The van der Waals surface area contributed by atoms with E-state index in [1.807, 2.05) is 42.5 Å². The molecule has 0 radical (unpaired) electrons. The van der Waals surface area contributed by atoms with E-state index in [1.54, 1.807) is 0 Å². The lowest BCUT2D eigenvalue weighted by Crippen LogP contribution is -2.00. The molecule has 11 rings (SSSR count). The van der Waals surface area contributed by atoms with Gasteiger partial charge < -0.3 is 4.42 Å². The minimum Gasteiger partial charge on any atom is -0.456 e. The van der Waals surface area contributed by atoms with Crippen molar-refractivity contribution in [1.29, 1.82) is 0 Å². The lowest BCUT2D eigenvalue weighted by Gasteiger charge is -2.15. The Kier molecular flexibility index (Phi) is 6.52. The minimum absolute atomic E-state index is 0.594. The molecule has 0 aliphatic rings. The minimum atomic E-state index is 0.594. The quantitative estimate of drug-likeness (QED) is 0.174. The molecule has 0 N–H and O–H groups in total. The van der Waals surface area contributed by atoms with Gasteiger partial charge in [-0.1, -0.05) is 146 Å². The standard InChI is InChI=1S/C49H29N3O/c1-2-14-32(15-3-1)47-50-48(35-25-22-30-12-4-5-16-33(30)26-35)52-49(51-47)42-28-36(29-44-46(42)40-20-10-11-21-43(40)53-44)41-27-34-24-23-31-13-6-7-17-37(31)45(34)39-19-9-8-18-38(39)41/h1-29H. The number of hydrogen-bond acceptors (Lipinski definition) is 4. The van der Waals surface area contributed by atoms with Crippen molar-refractivity contribution in [3.8, 4) is 45.3 Å². The van der Waals surface area contributed by atoms with Crippen molar-refractivity contribution in [3.05, 3.63) is 176 Å². The molecule has 246 valence electrons. The molecule has 9 aromatic carbocycles. The molecule has 4 heteroatoms. The lowest BCUT2D eigenvalue weighted by atomic mass is 9.89. The molecule has 0 saturated heterocycles. The average molecular weight is 676 g/mol. The van der Waals surface area contributed by atoms with Crippen LogP contribution in [-0.4, -0.2) is 15.0 Å². The molecular formula is C49H29N3O. The molecule has 0 amide bonds. The highest BCUT2D eigenvalue weighted by molar-refractivity contribution is 6.24. The number of benzene rings is 9. The number of aromatic nitrogens is 3. The first-order valence-electron chi connectivity index (χ1n) is 17.9. The van der Waals surface area contributed by atoms with Gasteiger partial charge in [-0.25, -0.2) is 15.0 Å². The number of hydrogen-bond donors (Lipinski definition) is 0. The first kappa shape index (κ1) is 29.5. The molecule has 0 saturated carbocycles. The maximum Gasteiger partial charge on any atom is 0.164 e. The molecule has 0 aliphatic heterocycles. The molecule has 2 heterocycles. The van der Waals surface area contributed by atoms with Crippen molar-refractivity contribution in [1.82, 2.24) is 15.0 Å². The molecule has 2 aromatic heterocycles. The third-order valence-corrected chi connectivity index (χ3v) is 10.5. The van der Waals surface area contributed by atoms with Gasteiger partial charge in [-0.05, 0) is 84.5 Å². The van der Waals surface area contributed by atoms with Crippen molar-refractivity contribution in [2.75, 3.05) is 0 Å². The van der Waals surface area contributed by atoms with Gasteiger partial charge in [0.15, 0.2) is 17.5 Å². The molecular weight excluding hydrogens is 647 g/mol. The zero-order valence-electron chi connectivity index (χ0n) is 28.5. The highest BCUT2D eigenvalue weighted by Crippen LogP contribution is 2.43. The van der Waals surface area contributed by atoms with Crippen LogP contribution in [0.5, 0.6) is 0 Å². The summed E-state index contributed by atoms with van der Waals surface area (Å²) in [5.41, 5.74) is 6.52. The Bertz CT molecular complexity index is 3240. The summed E-state index contributed by atoms with van der Waals surface area (Å²) in [4.78, 5) is 15.5. The van der Waals surface area contributed by atoms with Crippen LogP contribution in [0.2, 0.25) is 0 Å². The van der Waals surface area contributed by atoms with Crippen LogP contribution >= 0.6 is 0 Å². The van der Waals surface area contributed by atoms with Gasteiger partial charge in [-0.15, -0.1) is 0 Å². The zero-order chi connectivity index (χ0) is 34.9. The fraction of sp³-hybridized carbons (Fsp3) is 0. The van der Waals surface area contributed by atoms with Gasteiger partial charge in [0, 0.05) is 27.5 Å². The van der Waals surface area contributed by atoms with E-state index in [1.165, 1.54) is 37.7 Å². The predicted molar refractivity (Wildman–Crippen MR) is 219 cm³/mol. The fourth-order valence-corrected chi connectivity index (χ4v) is 7.97. The summed E-state index contributed by atoms with van der Waals surface area (Å²) in [6.45, 7) is 0. The second-order valence-electron chi connectivity index (χ2n) is 13.6. The van der Waals surface area contributed by atoms with E-state index in [-0.39, 0.29) is 0 Å².